The molecule has 1 saturated heterocycles. The quantitative estimate of drug-likeness (QED) is 0.819. The van der Waals surface area contributed by atoms with Crippen molar-refractivity contribution in [1.82, 2.24) is 5.32 Å². The van der Waals surface area contributed by atoms with Crippen molar-refractivity contribution in [3.8, 4) is 0 Å². The Morgan fingerprint density at radius 3 is 3.00 bits per heavy atom. The molecule has 1 amide bonds. The molecule has 19 heavy (non-hydrogen) atoms. The van der Waals surface area contributed by atoms with E-state index in [2.05, 4.69) is 5.32 Å². The second kappa shape index (κ2) is 6.77. The third-order valence-electron chi connectivity index (χ3n) is 2.73. The topological polar surface area (TPSA) is 66.4 Å². The third kappa shape index (κ3) is 4.40. The van der Waals surface area contributed by atoms with Gasteiger partial charge in [0.25, 0.3) is 0 Å². The van der Waals surface area contributed by atoms with Gasteiger partial charge in [0.1, 0.15) is 0 Å². The molecule has 102 valence electrons. The second-order valence-electron chi connectivity index (χ2n) is 4.20. The van der Waals surface area contributed by atoms with Crippen LogP contribution >= 0.6 is 23.1 Å². The number of carboxylic acids is 1. The van der Waals surface area contributed by atoms with Gasteiger partial charge in [-0.1, -0.05) is 0 Å². The van der Waals surface area contributed by atoms with Gasteiger partial charge in [-0.3, -0.25) is 4.79 Å². The van der Waals surface area contributed by atoms with Gasteiger partial charge in [-0.15, -0.1) is 23.1 Å². The highest BCUT2D eigenvalue weighted by atomic mass is 32.2. The van der Waals surface area contributed by atoms with Gasteiger partial charge >= 0.3 is 5.97 Å². The number of hydrogen-bond donors (Lipinski definition) is 2. The highest BCUT2D eigenvalue weighted by molar-refractivity contribution is 8.00. The van der Waals surface area contributed by atoms with Gasteiger partial charge in [0.15, 0.2) is 0 Å². The lowest BCUT2D eigenvalue weighted by atomic mass is 10.2. The van der Waals surface area contributed by atoms with Crippen LogP contribution in [0.15, 0.2) is 18.2 Å². The summed E-state index contributed by atoms with van der Waals surface area (Å²) in [5.74, 6) is 0.223. The fourth-order valence-corrected chi connectivity index (χ4v) is 3.85. The summed E-state index contributed by atoms with van der Waals surface area (Å²) in [4.78, 5) is 24.1. The van der Waals surface area contributed by atoms with Crippen LogP contribution in [-0.4, -0.2) is 28.0 Å². The number of aliphatic carboxylic acids is 1. The maximum atomic E-state index is 11.8. The summed E-state index contributed by atoms with van der Waals surface area (Å²) >= 11 is 3.20. The number of rotatable bonds is 5. The highest BCUT2D eigenvalue weighted by Crippen LogP contribution is 2.26. The molecule has 1 aliphatic heterocycles. The maximum absolute atomic E-state index is 11.8. The van der Waals surface area contributed by atoms with E-state index in [1.807, 2.05) is 12.1 Å². The zero-order valence-corrected chi connectivity index (χ0v) is 11.9. The van der Waals surface area contributed by atoms with Crippen molar-refractivity contribution in [2.75, 3.05) is 5.75 Å². The van der Waals surface area contributed by atoms with Gasteiger partial charge in [0, 0.05) is 15.8 Å². The van der Waals surface area contributed by atoms with Crippen molar-refractivity contribution in [1.29, 1.82) is 0 Å². The molecule has 1 aromatic heterocycles. The molecule has 1 aliphatic rings. The average Bonchev–Trinajstić information content (AvgIpc) is 3.04. The molecule has 1 aromatic rings. The molecule has 2 N–H and O–H groups in total. The van der Waals surface area contributed by atoms with E-state index in [9.17, 15) is 9.59 Å². The molecule has 0 bridgehead atoms. The fraction of sp³-hybridized carbons (Fsp3) is 0.385. The van der Waals surface area contributed by atoms with Crippen LogP contribution in [0.25, 0.3) is 6.08 Å². The summed E-state index contributed by atoms with van der Waals surface area (Å²) in [6.45, 7) is 0.515. The minimum Gasteiger partial charge on any atom is -0.478 e. The van der Waals surface area contributed by atoms with Crippen LogP contribution in [0.4, 0.5) is 0 Å². The van der Waals surface area contributed by atoms with E-state index in [1.165, 1.54) is 11.3 Å². The van der Waals surface area contributed by atoms with Crippen molar-refractivity contribution in [3.05, 3.63) is 28.0 Å². The Kier molecular flexibility index (Phi) is 5.04. The first-order chi connectivity index (χ1) is 9.15. The van der Waals surface area contributed by atoms with E-state index < -0.39 is 5.97 Å². The van der Waals surface area contributed by atoms with Crippen LogP contribution in [0.5, 0.6) is 0 Å². The first-order valence-corrected chi connectivity index (χ1v) is 7.91. The van der Waals surface area contributed by atoms with Crippen LogP contribution in [-0.2, 0) is 16.1 Å². The molecule has 1 unspecified atom stereocenters. The van der Waals surface area contributed by atoms with Crippen molar-refractivity contribution in [2.24, 2.45) is 0 Å². The summed E-state index contributed by atoms with van der Waals surface area (Å²) in [5.41, 5.74) is 0. The van der Waals surface area contributed by atoms with Crippen molar-refractivity contribution in [2.45, 2.75) is 24.6 Å². The lowest BCUT2D eigenvalue weighted by Gasteiger charge is -2.08. The zero-order valence-electron chi connectivity index (χ0n) is 10.3. The predicted octanol–water partition coefficient (Wildman–Crippen LogP) is 2.36. The maximum Gasteiger partial charge on any atom is 0.328 e. The number of thiophene rings is 1. The van der Waals surface area contributed by atoms with E-state index >= 15 is 0 Å². The monoisotopic (exact) mass is 297 g/mol. The number of thioether (sulfide) groups is 1. The minimum atomic E-state index is -0.957. The number of nitrogens with one attached hydrogen (secondary N) is 1. The molecule has 2 rings (SSSR count). The van der Waals surface area contributed by atoms with Crippen LogP contribution in [0.3, 0.4) is 0 Å². The summed E-state index contributed by atoms with van der Waals surface area (Å²) in [6, 6.07) is 3.77. The molecule has 1 fully saturated rings. The molecule has 6 heteroatoms. The molecule has 0 aromatic carbocycles. The van der Waals surface area contributed by atoms with Crippen LogP contribution in [0, 0.1) is 0 Å². The van der Waals surface area contributed by atoms with Gasteiger partial charge in [-0.2, -0.15) is 0 Å². The van der Waals surface area contributed by atoms with Gasteiger partial charge in [0.05, 0.1) is 11.8 Å². The molecule has 0 radical (unpaired) electrons. The van der Waals surface area contributed by atoms with E-state index in [0.29, 0.717) is 6.54 Å². The summed E-state index contributed by atoms with van der Waals surface area (Å²) in [5, 5.41) is 11.6. The van der Waals surface area contributed by atoms with Crippen molar-refractivity contribution in [3.63, 3.8) is 0 Å². The first-order valence-electron chi connectivity index (χ1n) is 6.04. The smallest absolute Gasteiger partial charge is 0.328 e. The lowest BCUT2D eigenvalue weighted by molar-refractivity contribution is -0.131. The lowest BCUT2D eigenvalue weighted by Crippen LogP contribution is -2.30. The van der Waals surface area contributed by atoms with Crippen LogP contribution in [0.2, 0.25) is 0 Å². The highest BCUT2D eigenvalue weighted by Gasteiger charge is 2.22. The number of carboxylic acid groups (broad SMARTS) is 1. The van der Waals surface area contributed by atoms with E-state index in [0.717, 1.165) is 34.4 Å². The second-order valence-corrected chi connectivity index (χ2v) is 6.71. The van der Waals surface area contributed by atoms with Crippen molar-refractivity contribution < 1.29 is 14.7 Å². The number of carbonyl (C=O) groups excluding carboxylic acids is 1. The predicted molar refractivity (Wildman–Crippen MR) is 78.3 cm³/mol. The molecule has 2 heterocycles. The summed E-state index contributed by atoms with van der Waals surface area (Å²) in [6.07, 6.45) is 4.76. The normalized spacial score (nSPS) is 18.8. The molecule has 0 aliphatic carbocycles. The SMILES string of the molecule is O=C(O)C=Cc1ccc(CNC(=O)C2CCCS2)s1. The Morgan fingerprint density at radius 2 is 2.32 bits per heavy atom. The Hall–Kier alpha value is -1.27. The largest absolute Gasteiger partial charge is 0.478 e. The Bertz CT molecular complexity index is 490. The first kappa shape index (κ1) is 14.1. The standard InChI is InChI=1S/C13H15NO3S2/c15-12(16)6-5-9-3-4-10(19-9)8-14-13(17)11-2-1-7-18-11/h3-6,11H,1-2,7-8H2,(H,14,17)(H,15,16). The van der Waals surface area contributed by atoms with E-state index in [-0.39, 0.29) is 11.2 Å². The van der Waals surface area contributed by atoms with Gasteiger partial charge in [-0.05, 0) is 36.8 Å². The molecule has 4 nitrogen and oxygen atoms in total. The Morgan fingerprint density at radius 1 is 1.47 bits per heavy atom. The zero-order chi connectivity index (χ0) is 13.7. The molecule has 1 atom stereocenters. The minimum absolute atomic E-state index is 0.103. The molecule has 0 spiro atoms. The van der Waals surface area contributed by atoms with Gasteiger partial charge < -0.3 is 10.4 Å². The van der Waals surface area contributed by atoms with Crippen molar-refractivity contribution >= 4 is 41.1 Å². The van der Waals surface area contributed by atoms with Crippen LogP contribution in [0.1, 0.15) is 22.6 Å². The Labute approximate surface area is 119 Å². The van der Waals surface area contributed by atoms with Crippen LogP contribution < -0.4 is 5.32 Å². The van der Waals surface area contributed by atoms with E-state index in [1.54, 1.807) is 17.8 Å². The summed E-state index contributed by atoms with van der Waals surface area (Å²) < 4.78 is 0. The average molecular weight is 297 g/mol. The Balaban J connectivity index is 1.82. The molecule has 0 saturated carbocycles. The van der Waals surface area contributed by atoms with Gasteiger partial charge in [0.2, 0.25) is 5.91 Å². The number of hydrogen-bond acceptors (Lipinski definition) is 4. The molecular weight excluding hydrogens is 282 g/mol. The third-order valence-corrected chi connectivity index (χ3v) is 5.16. The molecular formula is C13H15NO3S2. The van der Waals surface area contributed by atoms with E-state index in [4.69, 9.17) is 5.11 Å². The number of amides is 1. The fourth-order valence-electron chi connectivity index (χ4n) is 1.81. The summed E-state index contributed by atoms with van der Waals surface area (Å²) in [7, 11) is 0. The number of carbonyl (C=O) groups is 2. The van der Waals surface area contributed by atoms with Gasteiger partial charge in [-0.25, -0.2) is 4.79 Å².